The number of likely N-dealkylation sites (tertiary alicyclic amines) is 1. The largest absolute Gasteiger partial charge is 0.495 e. The van der Waals surface area contributed by atoms with Gasteiger partial charge < -0.3 is 24.8 Å². The van der Waals surface area contributed by atoms with E-state index in [1.807, 2.05) is 41.3 Å². The zero-order valence-electron chi connectivity index (χ0n) is 22.7. The van der Waals surface area contributed by atoms with Crippen LogP contribution in [0, 0.1) is 5.92 Å². The molecule has 0 aromatic heterocycles. The maximum Gasteiger partial charge on any atom is 0.256 e. The maximum absolute atomic E-state index is 13.7. The van der Waals surface area contributed by atoms with Crippen LogP contribution in [-0.2, 0) is 4.79 Å². The molecule has 2 aromatic rings. The summed E-state index contributed by atoms with van der Waals surface area (Å²) in [5.74, 6) is 1.61. The van der Waals surface area contributed by atoms with Gasteiger partial charge in [-0.1, -0.05) is 38.8 Å². The molecule has 2 saturated heterocycles. The molecule has 7 nitrogen and oxygen atoms in total. The molecule has 0 atom stereocenters. The lowest BCUT2D eigenvalue weighted by Crippen LogP contribution is -2.47. The van der Waals surface area contributed by atoms with Gasteiger partial charge in [-0.3, -0.25) is 9.59 Å². The molecule has 37 heavy (non-hydrogen) atoms. The molecule has 200 valence electrons. The van der Waals surface area contributed by atoms with Gasteiger partial charge in [0, 0.05) is 57.1 Å². The summed E-state index contributed by atoms with van der Waals surface area (Å²) >= 11 is 0. The van der Waals surface area contributed by atoms with Crippen molar-refractivity contribution < 1.29 is 14.3 Å². The third-order valence-electron chi connectivity index (χ3n) is 7.64. The molecule has 2 aliphatic heterocycles. The number of piperidine rings is 1. The first kappa shape index (κ1) is 26.8. The average molecular weight is 507 g/mol. The van der Waals surface area contributed by atoms with Gasteiger partial charge in [-0.15, -0.1) is 0 Å². The number of piperazine rings is 1. The lowest BCUT2D eigenvalue weighted by molar-refractivity contribution is -0.116. The zero-order chi connectivity index (χ0) is 26.2. The molecule has 0 saturated carbocycles. The van der Waals surface area contributed by atoms with Crippen LogP contribution >= 0.6 is 0 Å². The minimum Gasteiger partial charge on any atom is -0.495 e. The van der Waals surface area contributed by atoms with Crippen LogP contribution in [0.15, 0.2) is 42.5 Å². The Hall–Kier alpha value is -3.22. The van der Waals surface area contributed by atoms with Crippen molar-refractivity contribution in [3.8, 4) is 5.75 Å². The number of hydrogen-bond donors (Lipinski definition) is 1. The lowest BCUT2D eigenvalue weighted by atomic mass is 9.98. The fourth-order valence-corrected chi connectivity index (χ4v) is 5.28. The number of unbranched alkanes of at least 4 members (excludes halogenated alkanes) is 2. The Labute approximate surface area is 221 Å². The van der Waals surface area contributed by atoms with Crippen molar-refractivity contribution in [1.82, 2.24) is 4.90 Å². The summed E-state index contributed by atoms with van der Waals surface area (Å²) in [5.41, 5.74) is 3.44. The fraction of sp³-hybridized carbons (Fsp3) is 0.533. The molecule has 0 bridgehead atoms. The molecule has 4 rings (SSSR count). The third kappa shape index (κ3) is 6.76. The Morgan fingerprint density at radius 1 is 0.919 bits per heavy atom. The number of rotatable bonds is 9. The van der Waals surface area contributed by atoms with E-state index < -0.39 is 0 Å². The summed E-state index contributed by atoms with van der Waals surface area (Å²) in [4.78, 5) is 32.9. The number of benzene rings is 2. The Morgan fingerprint density at radius 2 is 1.59 bits per heavy atom. The van der Waals surface area contributed by atoms with E-state index in [1.54, 1.807) is 7.11 Å². The van der Waals surface area contributed by atoms with Gasteiger partial charge >= 0.3 is 0 Å². The molecule has 0 unspecified atom stereocenters. The number of amides is 2. The quantitative estimate of drug-likeness (QED) is 0.461. The highest BCUT2D eigenvalue weighted by Crippen LogP contribution is 2.32. The van der Waals surface area contributed by atoms with Crippen molar-refractivity contribution in [1.29, 1.82) is 0 Å². The van der Waals surface area contributed by atoms with E-state index in [1.165, 1.54) is 0 Å². The van der Waals surface area contributed by atoms with Crippen LogP contribution in [0.4, 0.5) is 17.1 Å². The van der Waals surface area contributed by atoms with E-state index in [4.69, 9.17) is 4.74 Å². The van der Waals surface area contributed by atoms with Crippen molar-refractivity contribution in [3.63, 3.8) is 0 Å². The highest BCUT2D eigenvalue weighted by Gasteiger charge is 2.27. The third-order valence-corrected chi connectivity index (χ3v) is 7.64. The molecule has 2 aromatic carbocycles. The zero-order valence-corrected chi connectivity index (χ0v) is 22.7. The number of nitrogens with one attached hydrogen (secondary N) is 1. The molecule has 2 amide bonds. The van der Waals surface area contributed by atoms with E-state index in [9.17, 15) is 9.59 Å². The van der Waals surface area contributed by atoms with Gasteiger partial charge in [0.05, 0.1) is 18.4 Å². The lowest BCUT2D eigenvalue weighted by Gasteiger charge is -2.39. The van der Waals surface area contributed by atoms with Crippen LogP contribution in [0.3, 0.4) is 0 Å². The van der Waals surface area contributed by atoms with Crippen LogP contribution in [-0.4, -0.2) is 63.1 Å². The van der Waals surface area contributed by atoms with E-state index in [2.05, 4.69) is 35.0 Å². The second-order valence-electron chi connectivity index (χ2n) is 10.4. The summed E-state index contributed by atoms with van der Waals surface area (Å²) in [5, 5.41) is 3.03. The maximum atomic E-state index is 13.7. The van der Waals surface area contributed by atoms with E-state index in [-0.39, 0.29) is 11.8 Å². The summed E-state index contributed by atoms with van der Waals surface area (Å²) < 4.78 is 5.57. The highest BCUT2D eigenvalue weighted by atomic mass is 16.5. The standard InChI is InChI=1S/C30H42N4O3/c1-4-5-6-11-29(35)31-24-12-13-26(25(22-24)30(36)34-16-14-23(2)15-17-34)32-18-20-33(21-19-32)27-9-7-8-10-28(27)37-3/h7-10,12-13,22-23H,4-6,11,14-21H2,1-3H3,(H,31,35). The Kier molecular flexibility index (Phi) is 9.31. The SMILES string of the molecule is CCCCCC(=O)Nc1ccc(N2CCN(c3ccccc3OC)CC2)c(C(=O)N2CCC(C)CC2)c1. The topological polar surface area (TPSA) is 65.1 Å². The normalized spacial score (nSPS) is 16.6. The van der Waals surface area contributed by atoms with Crippen molar-refractivity contribution in [2.24, 2.45) is 5.92 Å². The molecule has 2 fully saturated rings. The predicted molar refractivity (Wildman–Crippen MR) is 151 cm³/mol. The van der Waals surface area contributed by atoms with Gasteiger partial charge in [-0.05, 0) is 55.5 Å². The van der Waals surface area contributed by atoms with Crippen LogP contribution in [0.2, 0.25) is 0 Å². The summed E-state index contributed by atoms with van der Waals surface area (Å²) in [6.45, 7) is 9.24. The van der Waals surface area contributed by atoms with Gasteiger partial charge in [0.2, 0.25) is 5.91 Å². The minimum absolute atomic E-state index is 0.0109. The molecule has 2 heterocycles. The Balaban J connectivity index is 1.52. The number of carbonyl (C=O) groups is 2. The predicted octanol–water partition coefficient (Wildman–Crippen LogP) is 5.41. The second-order valence-corrected chi connectivity index (χ2v) is 10.4. The number of hydrogen-bond acceptors (Lipinski definition) is 5. The minimum atomic E-state index is 0.0109. The molecule has 7 heteroatoms. The molecule has 1 N–H and O–H groups in total. The summed E-state index contributed by atoms with van der Waals surface area (Å²) in [6.07, 6.45) is 5.59. The molecule has 0 aliphatic carbocycles. The van der Waals surface area contributed by atoms with Crippen molar-refractivity contribution in [3.05, 3.63) is 48.0 Å². The Morgan fingerprint density at radius 3 is 2.27 bits per heavy atom. The smallest absolute Gasteiger partial charge is 0.256 e. The van der Waals surface area contributed by atoms with Gasteiger partial charge in [-0.2, -0.15) is 0 Å². The van der Waals surface area contributed by atoms with Gasteiger partial charge in [0.1, 0.15) is 5.75 Å². The van der Waals surface area contributed by atoms with Crippen LogP contribution in [0.1, 0.15) is 62.7 Å². The highest BCUT2D eigenvalue weighted by molar-refractivity contribution is 6.02. The molecule has 2 aliphatic rings. The van der Waals surface area contributed by atoms with Crippen LogP contribution in [0.5, 0.6) is 5.75 Å². The first-order valence-corrected chi connectivity index (χ1v) is 13.9. The van der Waals surface area contributed by atoms with E-state index in [0.29, 0.717) is 23.6 Å². The van der Waals surface area contributed by atoms with Crippen molar-refractivity contribution in [2.75, 3.05) is 61.5 Å². The summed E-state index contributed by atoms with van der Waals surface area (Å²) in [7, 11) is 1.71. The number of carbonyl (C=O) groups excluding carboxylic acids is 2. The van der Waals surface area contributed by atoms with Gasteiger partial charge in [0.15, 0.2) is 0 Å². The van der Waals surface area contributed by atoms with Crippen LogP contribution in [0.25, 0.3) is 0 Å². The first-order chi connectivity index (χ1) is 18.0. The van der Waals surface area contributed by atoms with Crippen LogP contribution < -0.4 is 19.9 Å². The first-order valence-electron chi connectivity index (χ1n) is 13.9. The monoisotopic (exact) mass is 506 g/mol. The summed E-state index contributed by atoms with van der Waals surface area (Å²) in [6, 6.07) is 14.0. The average Bonchev–Trinajstić information content (AvgIpc) is 2.93. The second kappa shape index (κ2) is 12.8. The number of ether oxygens (including phenoxy) is 1. The van der Waals surface area contributed by atoms with E-state index >= 15 is 0 Å². The number of methoxy groups -OCH3 is 1. The molecule has 0 radical (unpaired) electrons. The van der Waals surface area contributed by atoms with Gasteiger partial charge in [0.25, 0.3) is 5.91 Å². The van der Waals surface area contributed by atoms with E-state index in [0.717, 1.165) is 88.5 Å². The molecular weight excluding hydrogens is 464 g/mol. The van der Waals surface area contributed by atoms with Crippen molar-refractivity contribution in [2.45, 2.75) is 52.4 Å². The number of para-hydroxylation sites is 2. The van der Waals surface area contributed by atoms with Crippen molar-refractivity contribution >= 4 is 28.9 Å². The van der Waals surface area contributed by atoms with Gasteiger partial charge in [-0.25, -0.2) is 0 Å². The molecule has 0 spiro atoms. The number of nitrogens with zero attached hydrogens (tertiary/aromatic N) is 3. The molecular formula is C30H42N4O3. The number of anilines is 3. The Bertz CT molecular complexity index is 1060. The fourth-order valence-electron chi connectivity index (χ4n) is 5.28.